The van der Waals surface area contributed by atoms with Crippen molar-refractivity contribution in [3.05, 3.63) is 70.4 Å². The number of methoxy groups -OCH3 is 1. The van der Waals surface area contributed by atoms with Gasteiger partial charge in [0.1, 0.15) is 5.75 Å². The molecule has 0 bridgehead atoms. The van der Waals surface area contributed by atoms with Gasteiger partial charge >= 0.3 is 5.97 Å². The Morgan fingerprint density at radius 1 is 1.14 bits per heavy atom. The van der Waals surface area contributed by atoms with E-state index in [0.29, 0.717) is 16.3 Å². The fraction of sp³-hybridized carbons (Fsp3) is 0.0588. The molecule has 1 heterocycles. The minimum Gasteiger partial charge on any atom is -0.496 e. The summed E-state index contributed by atoms with van der Waals surface area (Å²) < 4.78 is 10.5. The van der Waals surface area contributed by atoms with Gasteiger partial charge in [0.25, 0.3) is 0 Å². The van der Waals surface area contributed by atoms with Crippen molar-refractivity contribution in [2.75, 3.05) is 7.11 Å². The average Bonchev–Trinajstić information content (AvgIpc) is 2.90. The predicted octanol–water partition coefficient (Wildman–Crippen LogP) is 3.69. The summed E-state index contributed by atoms with van der Waals surface area (Å²) in [6.45, 7) is 0. The second-order valence-corrected chi connectivity index (χ2v) is 5.02. The zero-order valence-corrected chi connectivity index (χ0v) is 12.5. The Morgan fingerprint density at radius 3 is 2.59 bits per heavy atom. The van der Waals surface area contributed by atoms with Crippen molar-refractivity contribution in [3.8, 4) is 5.75 Å². The predicted molar refractivity (Wildman–Crippen MR) is 85.1 cm³/mol. The summed E-state index contributed by atoms with van der Waals surface area (Å²) in [4.78, 5) is 16.2. The molecule has 0 atom stereocenters. The van der Waals surface area contributed by atoms with Crippen LogP contribution in [0, 0.1) is 0 Å². The molecule has 4 nitrogen and oxygen atoms in total. The second kappa shape index (κ2) is 6.03. The molecule has 0 spiro atoms. The summed E-state index contributed by atoms with van der Waals surface area (Å²) in [6, 6.07) is 14.3. The van der Waals surface area contributed by atoms with E-state index >= 15 is 0 Å². The van der Waals surface area contributed by atoms with Gasteiger partial charge in [-0.15, -0.1) is 0 Å². The molecule has 5 heteroatoms. The molecule has 1 aliphatic rings. The van der Waals surface area contributed by atoms with Gasteiger partial charge in [-0.25, -0.2) is 9.79 Å². The maximum atomic E-state index is 12.0. The zero-order valence-electron chi connectivity index (χ0n) is 11.7. The molecule has 0 aromatic heterocycles. The number of aliphatic imine (C=N–C) groups is 1. The van der Waals surface area contributed by atoms with Crippen LogP contribution < -0.4 is 4.74 Å². The maximum Gasteiger partial charge on any atom is 0.363 e. The second-order valence-electron chi connectivity index (χ2n) is 4.59. The van der Waals surface area contributed by atoms with Crippen molar-refractivity contribution in [1.29, 1.82) is 0 Å². The van der Waals surface area contributed by atoms with Crippen molar-refractivity contribution >= 4 is 29.5 Å². The molecule has 1 aliphatic heterocycles. The first-order valence-electron chi connectivity index (χ1n) is 6.59. The molecule has 0 N–H and O–H groups in total. The van der Waals surface area contributed by atoms with Gasteiger partial charge in [-0.3, -0.25) is 0 Å². The SMILES string of the molecule is COc1ccccc1C1=N/C(=C\c2ccc(Cl)cc2)C(=O)O1. The normalized spacial score (nSPS) is 15.6. The van der Waals surface area contributed by atoms with Crippen molar-refractivity contribution in [3.63, 3.8) is 0 Å². The third-order valence-corrected chi connectivity index (χ3v) is 3.38. The maximum absolute atomic E-state index is 12.0. The van der Waals surface area contributed by atoms with Gasteiger partial charge in [-0.1, -0.05) is 35.9 Å². The third kappa shape index (κ3) is 2.87. The average molecular weight is 314 g/mol. The van der Waals surface area contributed by atoms with Gasteiger partial charge in [-0.05, 0) is 35.9 Å². The lowest BCUT2D eigenvalue weighted by molar-refractivity contribution is -0.129. The zero-order chi connectivity index (χ0) is 15.5. The van der Waals surface area contributed by atoms with Crippen LogP contribution in [0.5, 0.6) is 5.75 Å². The van der Waals surface area contributed by atoms with E-state index in [1.54, 1.807) is 49.6 Å². The summed E-state index contributed by atoms with van der Waals surface area (Å²) in [7, 11) is 1.56. The van der Waals surface area contributed by atoms with E-state index in [4.69, 9.17) is 21.1 Å². The number of para-hydroxylation sites is 1. The lowest BCUT2D eigenvalue weighted by Gasteiger charge is -2.05. The molecule has 0 saturated carbocycles. The van der Waals surface area contributed by atoms with Crippen LogP contribution in [0.25, 0.3) is 6.08 Å². The molecule has 3 rings (SSSR count). The third-order valence-electron chi connectivity index (χ3n) is 3.13. The number of nitrogens with zero attached hydrogens (tertiary/aromatic N) is 1. The first kappa shape index (κ1) is 14.4. The number of carbonyl (C=O) groups is 1. The quantitative estimate of drug-likeness (QED) is 0.641. The lowest BCUT2D eigenvalue weighted by atomic mass is 10.2. The Balaban J connectivity index is 1.96. The van der Waals surface area contributed by atoms with Crippen molar-refractivity contribution in [2.24, 2.45) is 4.99 Å². The number of hydrogen-bond acceptors (Lipinski definition) is 4. The molecule has 0 aliphatic carbocycles. The Hall–Kier alpha value is -2.59. The molecule has 2 aromatic carbocycles. The topological polar surface area (TPSA) is 47.9 Å². The Labute approximate surface area is 132 Å². The highest BCUT2D eigenvalue weighted by Crippen LogP contribution is 2.25. The number of rotatable bonds is 3. The standard InChI is InChI=1S/C17H12ClNO3/c1-21-15-5-3-2-4-13(15)16-19-14(17(20)22-16)10-11-6-8-12(18)9-7-11/h2-10H,1H3/b14-10-. The molecule has 0 saturated heterocycles. The van der Waals surface area contributed by atoms with Gasteiger partial charge in [-0.2, -0.15) is 0 Å². The molecular weight excluding hydrogens is 302 g/mol. The van der Waals surface area contributed by atoms with E-state index in [2.05, 4.69) is 4.99 Å². The number of esters is 1. The van der Waals surface area contributed by atoms with Gasteiger partial charge in [0, 0.05) is 5.02 Å². The largest absolute Gasteiger partial charge is 0.496 e. The minimum atomic E-state index is -0.490. The van der Waals surface area contributed by atoms with Crippen molar-refractivity contribution in [2.45, 2.75) is 0 Å². The molecule has 110 valence electrons. The minimum absolute atomic E-state index is 0.239. The number of benzene rings is 2. The number of halogens is 1. The lowest BCUT2D eigenvalue weighted by Crippen LogP contribution is -2.06. The van der Waals surface area contributed by atoms with E-state index < -0.39 is 5.97 Å². The Kier molecular flexibility index (Phi) is 3.94. The Bertz CT molecular complexity index is 779. The monoisotopic (exact) mass is 313 g/mol. The van der Waals surface area contributed by atoms with Crippen LogP contribution in [0.2, 0.25) is 5.02 Å². The summed E-state index contributed by atoms with van der Waals surface area (Å²) in [5.74, 6) is 0.348. The number of ether oxygens (including phenoxy) is 2. The molecule has 0 unspecified atom stereocenters. The van der Waals surface area contributed by atoms with Crippen molar-refractivity contribution < 1.29 is 14.3 Å². The number of carbonyl (C=O) groups excluding carboxylic acids is 1. The first-order valence-corrected chi connectivity index (χ1v) is 6.96. The van der Waals surface area contributed by atoms with Crippen LogP contribution >= 0.6 is 11.6 Å². The highest BCUT2D eigenvalue weighted by Gasteiger charge is 2.25. The highest BCUT2D eigenvalue weighted by molar-refractivity contribution is 6.30. The summed E-state index contributed by atoms with van der Waals surface area (Å²) in [6.07, 6.45) is 1.65. The van der Waals surface area contributed by atoms with Crippen LogP contribution in [0.15, 0.2) is 59.2 Å². The van der Waals surface area contributed by atoms with Crippen LogP contribution in [-0.2, 0) is 9.53 Å². The fourth-order valence-corrected chi connectivity index (χ4v) is 2.19. The van der Waals surface area contributed by atoms with Gasteiger partial charge in [0.05, 0.1) is 12.7 Å². The summed E-state index contributed by atoms with van der Waals surface area (Å²) >= 11 is 5.84. The van der Waals surface area contributed by atoms with Gasteiger partial charge < -0.3 is 9.47 Å². The fourth-order valence-electron chi connectivity index (χ4n) is 2.06. The van der Waals surface area contributed by atoms with E-state index in [9.17, 15) is 4.79 Å². The van der Waals surface area contributed by atoms with E-state index in [0.717, 1.165) is 5.56 Å². The molecule has 0 radical (unpaired) electrons. The van der Waals surface area contributed by atoms with Gasteiger partial charge in [0.2, 0.25) is 5.90 Å². The van der Waals surface area contributed by atoms with Crippen LogP contribution in [0.1, 0.15) is 11.1 Å². The van der Waals surface area contributed by atoms with Crippen LogP contribution in [0.3, 0.4) is 0 Å². The Morgan fingerprint density at radius 2 is 1.86 bits per heavy atom. The van der Waals surface area contributed by atoms with E-state index in [1.165, 1.54) is 0 Å². The molecule has 2 aromatic rings. The highest BCUT2D eigenvalue weighted by atomic mass is 35.5. The molecule has 0 amide bonds. The van der Waals surface area contributed by atoms with Crippen molar-refractivity contribution in [1.82, 2.24) is 0 Å². The van der Waals surface area contributed by atoms with E-state index in [-0.39, 0.29) is 11.6 Å². The molecule has 22 heavy (non-hydrogen) atoms. The smallest absolute Gasteiger partial charge is 0.363 e. The molecule has 0 fully saturated rings. The van der Waals surface area contributed by atoms with Gasteiger partial charge in [0.15, 0.2) is 5.70 Å². The number of cyclic esters (lactones) is 1. The first-order chi connectivity index (χ1) is 10.7. The summed E-state index contributed by atoms with van der Waals surface area (Å²) in [5, 5.41) is 0.634. The van der Waals surface area contributed by atoms with Crippen LogP contribution in [0.4, 0.5) is 0 Å². The number of hydrogen-bond donors (Lipinski definition) is 0. The summed E-state index contributed by atoms with van der Waals surface area (Å²) in [5.41, 5.74) is 1.70. The van der Waals surface area contributed by atoms with Crippen LogP contribution in [-0.4, -0.2) is 19.0 Å². The molecular formula is C17H12ClNO3. The van der Waals surface area contributed by atoms with E-state index in [1.807, 2.05) is 12.1 Å².